The lowest BCUT2D eigenvalue weighted by molar-refractivity contribution is -0.173. The highest BCUT2D eigenvalue weighted by molar-refractivity contribution is 6.02. The third kappa shape index (κ3) is 4.60. The lowest BCUT2D eigenvalue weighted by Gasteiger charge is -2.34. The van der Waals surface area contributed by atoms with Crippen molar-refractivity contribution in [1.29, 1.82) is 0 Å². The zero-order valence-corrected chi connectivity index (χ0v) is 21.3. The fraction of sp³-hybridized carbons (Fsp3) is 0.367. The highest BCUT2D eigenvalue weighted by Gasteiger charge is 2.57. The number of allylic oxidation sites excluding steroid dienone is 3. The van der Waals surface area contributed by atoms with Gasteiger partial charge in [0.2, 0.25) is 0 Å². The smallest absolute Gasteiger partial charge is 0.324 e. The predicted molar refractivity (Wildman–Crippen MR) is 134 cm³/mol. The van der Waals surface area contributed by atoms with E-state index in [4.69, 9.17) is 14.2 Å². The standard InChI is InChI=1S/C30H32O6/c1-20-15-29(3,26(31)34-4)21(2)25-17-30(16-24(20)25,27(32)35-18-22-11-7-5-8-12-22)28(33)36-19-23-13-9-6-10-14-23/h5-14H,15-19H2,1-4H3/t29-/m0/s1. The molecule has 6 heteroatoms. The summed E-state index contributed by atoms with van der Waals surface area (Å²) in [4.78, 5) is 40.0. The van der Waals surface area contributed by atoms with E-state index < -0.39 is 22.8 Å². The number of hydrogen-bond acceptors (Lipinski definition) is 6. The summed E-state index contributed by atoms with van der Waals surface area (Å²) < 4.78 is 16.5. The number of carbonyl (C=O) groups is 3. The van der Waals surface area contributed by atoms with Crippen LogP contribution in [0.4, 0.5) is 0 Å². The number of ether oxygens (including phenoxy) is 3. The summed E-state index contributed by atoms with van der Waals surface area (Å²) >= 11 is 0. The number of rotatable bonds is 7. The first kappa shape index (κ1) is 25.4. The van der Waals surface area contributed by atoms with Crippen LogP contribution in [0.3, 0.4) is 0 Å². The zero-order valence-electron chi connectivity index (χ0n) is 21.3. The molecule has 0 bridgehead atoms. The number of fused-ring (bicyclic) bond motifs is 1. The Morgan fingerprint density at radius 1 is 0.722 bits per heavy atom. The van der Waals surface area contributed by atoms with Gasteiger partial charge in [-0.15, -0.1) is 0 Å². The maximum Gasteiger partial charge on any atom is 0.324 e. The average molecular weight is 489 g/mol. The molecule has 0 amide bonds. The molecule has 1 fully saturated rings. The van der Waals surface area contributed by atoms with Crippen molar-refractivity contribution < 1.29 is 28.6 Å². The molecule has 0 unspecified atom stereocenters. The van der Waals surface area contributed by atoms with Crippen molar-refractivity contribution in [3.05, 3.63) is 94.1 Å². The van der Waals surface area contributed by atoms with Crippen LogP contribution in [0.1, 0.15) is 51.2 Å². The first-order valence-corrected chi connectivity index (χ1v) is 12.1. The molecule has 0 saturated heterocycles. The third-order valence-electron chi connectivity index (χ3n) is 7.58. The van der Waals surface area contributed by atoms with E-state index in [1.807, 2.05) is 81.4 Å². The Morgan fingerprint density at radius 2 is 1.19 bits per heavy atom. The van der Waals surface area contributed by atoms with Crippen LogP contribution >= 0.6 is 0 Å². The van der Waals surface area contributed by atoms with Gasteiger partial charge in [0, 0.05) is 0 Å². The van der Waals surface area contributed by atoms with Crippen LogP contribution in [0.25, 0.3) is 0 Å². The second-order valence-corrected chi connectivity index (χ2v) is 9.92. The minimum Gasteiger partial charge on any atom is -0.468 e. The molecule has 0 radical (unpaired) electrons. The van der Waals surface area contributed by atoms with E-state index in [1.54, 1.807) is 0 Å². The van der Waals surface area contributed by atoms with Crippen LogP contribution in [-0.2, 0) is 41.8 Å². The normalized spacial score (nSPS) is 20.6. The highest BCUT2D eigenvalue weighted by Crippen LogP contribution is 2.56. The van der Waals surface area contributed by atoms with Crippen LogP contribution in [0.5, 0.6) is 0 Å². The van der Waals surface area contributed by atoms with Crippen LogP contribution in [0.15, 0.2) is 83.0 Å². The molecule has 2 aliphatic carbocycles. The lowest BCUT2D eigenvalue weighted by atomic mass is 9.70. The van der Waals surface area contributed by atoms with E-state index in [9.17, 15) is 14.4 Å². The molecule has 4 rings (SSSR count). The predicted octanol–water partition coefficient (Wildman–Crippen LogP) is 5.47. The fourth-order valence-corrected chi connectivity index (χ4v) is 5.29. The Labute approximate surface area is 211 Å². The van der Waals surface area contributed by atoms with E-state index in [-0.39, 0.29) is 32.0 Å². The Balaban J connectivity index is 1.68. The van der Waals surface area contributed by atoms with E-state index in [2.05, 4.69) is 0 Å². The molecule has 188 valence electrons. The van der Waals surface area contributed by atoms with Gasteiger partial charge in [0.1, 0.15) is 13.2 Å². The Kier molecular flexibility index (Phi) is 7.16. The Hall–Kier alpha value is -3.67. The molecule has 0 aromatic heterocycles. The monoisotopic (exact) mass is 488 g/mol. The van der Waals surface area contributed by atoms with Crippen LogP contribution in [0, 0.1) is 10.8 Å². The summed E-state index contributed by atoms with van der Waals surface area (Å²) in [5, 5.41) is 0. The van der Waals surface area contributed by atoms with Gasteiger partial charge in [-0.1, -0.05) is 71.8 Å². The third-order valence-corrected chi connectivity index (χ3v) is 7.58. The topological polar surface area (TPSA) is 78.9 Å². The molecule has 0 aliphatic heterocycles. The second-order valence-electron chi connectivity index (χ2n) is 9.92. The van der Waals surface area contributed by atoms with Crippen molar-refractivity contribution in [2.24, 2.45) is 10.8 Å². The summed E-state index contributed by atoms with van der Waals surface area (Å²) in [6.07, 6.45) is 0.780. The van der Waals surface area contributed by atoms with Crippen molar-refractivity contribution in [2.75, 3.05) is 7.11 Å². The summed E-state index contributed by atoms with van der Waals surface area (Å²) in [5.41, 5.74) is 2.87. The number of benzene rings is 2. The van der Waals surface area contributed by atoms with Gasteiger partial charge in [-0.25, -0.2) is 0 Å². The van der Waals surface area contributed by atoms with Gasteiger partial charge in [-0.05, 0) is 62.3 Å². The highest BCUT2D eigenvalue weighted by atomic mass is 16.6. The van der Waals surface area contributed by atoms with Gasteiger partial charge in [-0.3, -0.25) is 14.4 Å². The average Bonchev–Trinajstić information content (AvgIpc) is 3.33. The van der Waals surface area contributed by atoms with Gasteiger partial charge >= 0.3 is 17.9 Å². The number of carbonyl (C=O) groups excluding carboxylic acids is 3. The summed E-state index contributed by atoms with van der Waals surface area (Å²) in [7, 11) is 1.38. The minimum absolute atomic E-state index is 0.0589. The Bertz CT molecular complexity index is 1170. The van der Waals surface area contributed by atoms with Crippen molar-refractivity contribution in [2.45, 2.75) is 53.2 Å². The molecular formula is C30H32O6. The Morgan fingerprint density at radius 3 is 1.67 bits per heavy atom. The van der Waals surface area contributed by atoms with E-state index in [0.29, 0.717) is 6.42 Å². The molecule has 6 nitrogen and oxygen atoms in total. The minimum atomic E-state index is -1.52. The lowest BCUT2D eigenvalue weighted by Crippen LogP contribution is -2.39. The number of hydrogen-bond donors (Lipinski definition) is 0. The molecule has 2 aliphatic rings. The second kappa shape index (κ2) is 10.1. The van der Waals surface area contributed by atoms with E-state index >= 15 is 0 Å². The molecule has 1 atom stereocenters. The molecule has 0 N–H and O–H groups in total. The number of methoxy groups -OCH3 is 1. The van der Waals surface area contributed by atoms with Gasteiger partial charge in [0.05, 0.1) is 12.5 Å². The zero-order chi connectivity index (χ0) is 25.9. The fourth-order valence-electron chi connectivity index (χ4n) is 5.29. The first-order chi connectivity index (χ1) is 17.2. The van der Waals surface area contributed by atoms with E-state index in [0.717, 1.165) is 33.4 Å². The SMILES string of the molecule is COC(=O)[C@@]1(C)CC(C)=C2CC(C(=O)OCc3ccccc3)(C(=O)OCc3ccccc3)CC2=C1C. The molecule has 2 aromatic carbocycles. The van der Waals surface area contributed by atoms with Gasteiger partial charge in [0.25, 0.3) is 0 Å². The maximum absolute atomic E-state index is 13.6. The molecule has 0 spiro atoms. The maximum atomic E-state index is 13.6. The molecule has 0 heterocycles. The van der Waals surface area contributed by atoms with Gasteiger partial charge in [0.15, 0.2) is 5.41 Å². The summed E-state index contributed by atoms with van der Waals surface area (Å²) in [6, 6.07) is 18.7. The molecule has 1 saturated carbocycles. The van der Waals surface area contributed by atoms with Crippen molar-refractivity contribution >= 4 is 17.9 Å². The van der Waals surface area contributed by atoms with Crippen molar-refractivity contribution in [3.8, 4) is 0 Å². The summed E-state index contributed by atoms with van der Waals surface area (Å²) in [5.74, 6) is -1.56. The summed E-state index contributed by atoms with van der Waals surface area (Å²) in [6.45, 7) is 5.80. The van der Waals surface area contributed by atoms with Crippen molar-refractivity contribution in [3.63, 3.8) is 0 Å². The molecule has 2 aromatic rings. The van der Waals surface area contributed by atoms with Crippen molar-refractivity contribution in [1.82, 2.24) is 0 Å². The van der Waals surface area contributed by atoms with E-state index in [1.165, 1.54) is 7.11 Å². The molecule has 36 heavy (non-hydrogen) atoms. The van der Waals surface area contributed by atoms with Crippen LogP contribution in [0.2, 0.25) is 0 Å². The number of esters is 3. The quantitative estimate of drug-likeness (QED) is 0.292. The molecular weight excluding hydrogens is 456 g/mol. The van der Waals surface area contributed by atoms with Crippen LogP contribution < -0.4 is 0 Å². The largest absolute Gasteiger partial charge is 0.468 e. The van der Waals surface area contributed by atoms with Crippen LogP contribution in [-0.4, -0.2) is 25.0 Å². The van der Waals surface area contributed by atoms with Gasteiger partial charge < -0.3 is 14.2 Å². The van der Waals surface area contributed by atoms with Gasteiger partial charge in [-0.2, -0.15) is 0 Å². The first-order valence-electron chi connectivity index (χ1n) is 12.1.